The Bertz CT molecular complexity index is 3190. The number of likely N-dealkylation sites (N-methyl/N-ethyl adjacent to an activating group) is 7. The molecule has 25 nitrogen and oxygen atoms in total. The summed E-state index contributed by atoms with van der Waals surface area (Å²) < 4.78 is 32.4. The monoisotopic (exact) mass is 1440 g/mol. The molecule has 2 aromatic carbocycles. The van der Waals surface area contributed by atoms with Crippen molar-refractivity contribution in [2.24, 2.45) is 41.4 Å². The number of benzene rings is 2. The molecular weight excluding hydrogens is 1320 g/mol. The zero-order chi connectivity index (χ0) is 76.5. The number of nitrogens with zero attached hydrogens (tertiary/aromatic N) is 7. The van der Waals surface area contributed by atoms with Crippen LogP contribution < -0.4 is 30.7 Å². The van der Waals surface area contributed by atoms with Crippen LogP contribution >= 0.6 is 11.8 Å². The van der Waals surface area contributed by atoms with Crippen LogP contribution in [0.2, 0.25) is 0 Å². The molecule has 4 rings (SSSR count). The van der Waals surface area contributed by atoms with Crippen LogP contribution in [0.5, 0.6) is 11.5 Å². The molecule has 0 aromatic heterocycles. The number of ether oxygens (including phenoxy) is 3. The van der Waals surface area contributed by atoms with Crippen molar-refractivity contribution in [3.05, 3.63) is 53.8 Å². The minimum absolute atomic E-state index is 0.0196. The molecule has 2 aliphatic rings. The number of rotatable bonds is 18. The second-order valence-corrected chi connectivity index (χ2v) is 31.2. The number of halogens is 1. The fourth-order valence-corrected chi connectivity index (χ4v) is 14.1. The Balaban J connectivity index is 1.91. The minimum Gasteiger partial charge on any atom is -0.497 e. The van der Waals surface area contributed by atoms with Gasteiger partial charge >= 0.3 is 0 Å². The van der Waals surface area contributed by atoms with E-state index in [9.17, 15) is 38.0 Å². The van der Waals surface area contributed by atoms with Gasteiger partial charge in [-0.2, -0.15) is 0 Å². The highest BCUT2D eigenvalue weighted by atomic mass is 32.2. The zero-order valence-corrected chi connectivity index (χ0v) is 65.1. The maximum atomic E-state index is 15.7. The van der Waals surface area contributed by atoms with Crippen molar-refractivity contribution in [1.82, 2.24) is 55.6 Å². The van der Waals surface area contributed by atoms with Crippen molar-refractivity contribution in [2.45, 2.75) is 233 Å². The lowest BCUT2D eigenvalue weighted by atomic mass is 9.93. The van der Waals surface area contributed by atoms with Crippen molar-refractivity contribution >= 4 is 76.7 Å². The van der Waals surface area contributed by atoms with E-state index >= 15 is 19.2 Å². The highest BCUT2D eigenvalue weighted by Crippen LogP contribution is 2.41. The van der Waals surface area contributed by atoms with Gasteiger partial charge in [-0.1, -0.05) is 121 Å². The van der Waals surface area contributed by atoms with Crippen LogP contribution in [0.1, 0.15) is 155 Å². The van der Waals surface area contributed by atoms with Gasteiger partial charge in [-0.25, -0.2) is 4.39 Å². The number of methoxy groups -OCH3 is 1. The van der Waals surface area contributed by atoms with Gasteiger partial charge in [0.25, 0.3) is 0 Å². The molecule has 2 aromatic rings. The number of nitrogens with one attached hydrogen (secondary N) is 4. The topological polar surface area (TPSA) is 286 Å². The second kappa shape index (κ2) is 38.6. The van der Waals surface area contributed by atoms with Crippen LogP contribution in [0, 0.1) is 47.2 Å². The Hall–Kier alpha value is -7.55. The van der Waals surface area contributed by atoms with E-state index in [2.05, 4.69) is 21.3 Å². The summed E-state index contributed by atoms with van der Waals surface area (Å²) in [5, 5.41) is 11.2. The van der Waals surface area contributed by atoms with E-state index in [4.69, 9.17) is 14.2 Å². The number of hydrogen-bond donors (Lipinski definition) is 4. The third-order valence-corrected chi connectivity index (χ3v) is 19.9. The average molecular weight is 1440 g/mol. The molecule has 0 saturated carbocycles. The molecule has 27 heteroatoms. The van der Waals surface area contributed by atoms with Crippen LogP contribution in [0.15, 0.2) is 47.4 Å². The molecule has 11 amide bonds. The van der Waals surface area contributed by atoms with Crippen molar-refractivity contribution in [1.29, 1.82) is 0 Å². The predicted molar refractivity (Wildman–Crippen MR) is 386 cm³/mol. The number of hydrogen-bond acceptors (Lipinski definition) is 15. The summed E-state index contributed by atoms with van der Waals surface area (Å²) in [6.45, 7) is 28.0. The highest BCUT2D eigenvalue weighted by molar-refractivity contribution is 7.99. The average Bonchev–Trinajstić information content (AvgIpc) is 1.77. The normalized spacial score (nSPS) is 26.7. The molecule has 566 valence electrons. The van der Waals surface area contributed by atoms with Gasteiger partial charge in [0.1, 0.15) is 89.8 Å². The lowest BCUT2D eigenvalue weighted by Gasteiger charge is -2.41. The molecule has 4 N–H and O–H groups in total. The molecule has 0 spiro atoms. The first-order valence-corrected chi connectivity index (χ1v) is 36.4. The van der Waals surface area contributed by atoms with E-state index in [0.29, 0.717) is 22.8 Å². The van der Waals surface area contributed by atoms with Gasteiger partial charge in [0, 0.05) is 60.3 Å². The molecule has 101 heavy (non-hydrogen) atoms. The van der Waals surface area contributed by atoms with Crippen LogP contribution in [0.3, 0.4) is 0 Å². The van der Waals surface area contributed by atoms with Gasteiger partial charge in [0.15, 0.2) is 0 Å². The Morgan fingerprint density at radius 3 is 1.52 bits per heavy atom. The van der Waals surface area contributed by atoms with Gasteiger partial charge in [-0.3, -0.25) is 52.7 Å². The van der Waals surface area contributed by atoms with E-state index in [0.717, 1.165) is 10.5 Å². The number of carbonyl (C=O) groups is 11. The van der Waals surface area contributed by atoms with Crippen LogP contribution in [-0.4, -0.2) is 234 Å². The van der Waals surface area contributed by atoms with E-state index in [1.807, 2.05) is 62.3 Å². The van der Waals surface area contributed by atoms with E-state index in [1.165, 1.54) is 124 Å². The predicted octanol–water partition coefficient (Wildman–Crippen LogP) is 6.58. The summed E-state index contributed by atoms with van der Waals surface area (Å²) in [7, 11) is 11.6. The standard InChI is InChI=1S/C74H118FN11O14S/c1-25-54-70(93)80(17)38-59(87)81(18)55(30-40(2)3)67(90)79-61(44(10)11)73(96)82(19)56(31-41(4)5)66(89)76-47(15)65(88)77-48(16)69(92)83(20)57(32-42(6)7)71(94)84(21)58(33-43(8)9)72(95)85(22)62(45(12)13)74(97)86(23)63(68(91)78-54)64-46(14)34-60(100-64)101-53-36-51(98-24)35-52(37-53)99-39-49-26-28-50(75)29-27-49/h26-29,35-37,40-48,54-58,60-64H,25,30-34,38-39H2,1-24H3,(H,76,89)(H,77,88)(H,78,91)(H,79,90)/t46-,47+,48-,54+,55+,56+,57+,58+,60+,61+,62+,63+,64-/m1/s1. The number of amides is 11. The molecule has 13 atom stereocenters. The zero-order valence-electron chi connectivity index (χ0n) is 64.3. The van der Waals surface area contributed by atoms with Crippen molar-refractivity contribution < 1.29 is 71.3 Å². The highest BCUT2D eigenvalue weighted by Gasteiger charge is 2.49. The Morgan fingerprint density at radius 2 is 1.01 bits per heavy atom. The molecule has 0 aliphatic carbocycles. The maximum Gasteiger partial charge on any atom is 0.246 e. The molecule has 2 aliphatic heterocycles. The SMILES string of the molecule is CC[C@@H]1NC(=O)[C@H]([C@@H]2O[C@@H](Sc3cc(OC)cc(OCc4ccc(F)cc4)c3)C[C@H]2C)N(C)C(=O)[C@H](C(C)C)N(C)C(=O)[C@H](CC(C)C)N(C)C(=O)[C@H](CC(C)C)N(C)C(=O)[C@@H](C)NC(=O)[C@H](C)NC(=O)[C@H](CC(C)C)N(C)C(=O)[C@H](C(C)C)NC(=O)[C@H](CC(C)C)N(C)C(=O)CN(C)C1=O. The van der Waals surface area contributed by atoms with Gasteiger partial charge in [0.2, 0.25) is 65.0 Å². The van der Waals surface area contributed by atoms with E-state index < -0.39 is 161 Å². The van der Waals surface area contributed by atoms with Crippen molar-refractivity contribution in [2.75, 3.05) is 63.0 Å². The lowest BCUT2D eigenvalue weighted by Crippen LogP contribution is -2.63. The van der Waals surface area contributed by atoms with Crippen molar-refractivity contribution in [3.8, 4) is 11.5 Å². The van der Waals surface area contributed by atoms with Gasteiger partial charge in [-0.05, 0) is 124 Å². The van der Waals surface area contributed by atoms with E-state index in [1.54, 1.807) is 65.0 Å². The quantitative estimate of drug-likeness (QED) is 0.123. The first-order chi connectivity index (χ1) is 47.1. The summed E-state index contributed by atoms with van der Waals surface area (Å²) in [6, 6.07) is -1.09. The third-order valence-electron chi connectivity index (χ3n) is 18.8. The van der Waals surface area contributed by atoms with Crippen LogP contribution in [0.25, 0.3) is 0 Å². The smallest absolute Gasteiger partial charge is 0.246 e. The van der Waals surface area contributed by atoms with Crippen molar-refractivity contribution in [3.63, 3.8) is 0 Å². The third kappa shape index (κ3) is 23.5. The van der Waals surface area contributed by atoms with Gasteiger partial charge < -0.3 is 69.8 Å². The summed E-state index contributed by atoms with van der Waals surface area (Å²) in [5.74, 6) is -8.97. The fraction of sp³-hybridized carbons (Fsp3) is 0.689. The first-order valence-electron chi connectivity index (χ1n) is 35.5. The summed E-state index contributed by atoms with van der Waals surface area (Å²) in [5.41, 5.74) is 0.105. The van der Waals surface area contributed by atoms with Crippen LogP contribution in [0.4, 0.5) is 4.39 Å². The van der Waals surface area contributed by atoms with E-state index in [-0.39, 0.29) is 68.2 Å². The largest absolute Gasteiger partial charge is 0.497 e. The second-order valence-electron chi connectivity index (χ2n) is 29.9. The van der Waals surface area contributed by atoms with Crippen LogP contribution in [-0.2, 0) is 64.1 Å². The number of thioether (sulfide) groups is 1. The molecule has 2 fully saturated rings. The molecule has 0 bridgehead atoms. The summed E-state index contributed by atoms with van der Waals surface area (Å²) in [6.07, 6.45) is -0.0790. The lowest BCUT2D eigenvalue weighted by molar-refractivity contribution is -0.157. The Labute approximate surface area is 603 Å². The van der Waals surface area contributed by atoms with Gasteiger partial charge in [-0.15, -0.1) is 0 Å². The molecular formula is C74H118FN11O14S. The maximum absolute atomic E-state index is 15.7. The Kier molecular flexibility index (Phi) is 32.9. The molecule has 2 heterocycles. The Morgan fingerprint density at radius 1 is 0.525 bits per heavy atom. The number of carbonyl (C=O) groups excluding carboxylic acids is 11. The summed E-state index contributed by atoms with van der Waals surface area (Å²) in [4.78, 5) is 173. The molecule has 0 radical (unpaired) electrons. The summed E-state index contributed by atoms with van der Waals surface area (Å²) >= 11 is 1.33. The molecule has 0 unspecified atom stereocenters. The molecule has 2 saturated heterocycles. The first kappa shape index (κ1) is 85.9. The van der Waals surface area contributed by atoms with Gasteiger partial charge in [0.05, 0.1) is 19.8 Å². The minimum atomic E-state index is -1.46. The fourth-order valence-electron chi connectivity index (χ4n) is 12.8.